The number of nitrogens with zero attached hydrogens (tertiary/aromatic N) is 4. The lowest BCUT2D eigenvalue weighted by Crippen LogP contribution is -1.75. The fourth-order valence-corrected chi connectivity index (χ4v) is 2.30. The molecule has 3 aromatic heterocycles. The number of thiophene rings is 1. The van der Waals surface area contributed by atoms with Gasteiger partial charge in [0.2, 0.25) is 5.82 Å². The molecule has 0 fully saturated rings. The van der Waals surface area contributed by atoms with E-state index in [4.69, 9.17) is 0 Å². The molecule has 0 aliphatic carbocycles. The Morgan fingerprint density at radius 3 is 3.07 bits per heavy atom. The molecule has 3 aromatic rings. The largest absolute Gasteiger partial charge is 0.506 e. The Kier molecular flexibility index (Phi) is 1.65. The van der Waals surface area contributed by atoms with Gasteiger partial charge in [-0.25, -0.2) is 4.98 Å². The van der Waals surface area contributed by atoms with Gasteiger partial charge in [0.05, 0.1) is 5.39 Å². The highest BCUT2D eigenvalue weighted by Gasteiger charge is 2.16. The van der Waals surface area contributed by atoms with Crippen molar-refractivity contribution in [2.24, 2.45) is 0 Å². The van der Waals surface area contributed by atoms with Crippen LogP contribution in [0.2, 0.25) is 0 Å². The summed E-state index contributed by atoms with van der Waals surface area (Å²) in [6.07, 6.45) is 1.68. The van der Waals surface area contributed by atoms with Gasteiger partial charge >= 0.3 is 0 Å². The van der Waals surface area contributed by atoms with Crippen LogP contribution in [-0.4, -0.2) is 30.7 Å². The van der Waals surface area contributed by atoms with E-state index in [2.05, 4.69) is 25.6 Å². The van der Waals surface area contributed by atoms with Crippen LogP contribution in [0.15, 0.2) is 18.3 Å². The van der Waals surface area contributed by atoms with E-state index in [0.717, 1.165) is 4.83 Å². The Bertz CT molecular complexity index is 603. The van der Waals surface area contributed by atoms with E-state index >= 15 is 0 Å². The normalized spacial score (nSPS) is 10.9. The van der Waals surface area contributed by atoms with Crippen LogP contribution in [-0.2, 0) is 0 Å². The summed E-state index contributed by atoms with van der Waals surface area (Å²) in [5.74, 6) is 0.542. The Morgan fingerprint density at radius 2 is 2.33 bits per heavy atom. The smallest absolute Gasteiger partial charge is 0.218 e. The molecule has 0 saturated carbocycles. The molecule has 7 heteroatoms. The van der Waals surface area contributed by atoms with Crippen LogP contribution in [0.1, 0.15) is 0 Å². The topological polar surface area (TPSA) is 87.6 Å². The molecule has 6 nitrogen and oxygen atoms in total. The third kappa shape index (κ3) is 1.17. The van der Waals surface area contributed by atoms with Gasteiger partial charge in [-0.3, -0.25) is 0 Å². The predicted molar refractivity (Wildman–Crippen MR) is 54.5 cm³/mol. The van der Waals surface area contributed by atoms with Crippen LogP contribution >= 0.6 is 11.3 Å². The number of H-pyrrole nitrogens is 1. The summed E-state index contributed by atoms with van der Waals surface area (Å²) in [6, 6.07) is 3.58. The first-order chi connectivity index (χ1) is 7.36. The van der Waals surface area contributed by atoms with Crippen LogP contribution in [0.5, 0.6) is 5.75 Å². The zero-order valence-electron chi connectivity index (χ0n) is 7.38. The standard InChI is InChI=1S/C8H5N5OS/c14-5-4-2-1-3-9-8(4)15-6(5)7-10-12-13-11-7/h1-3,14H,(H,10,11,12,13). The lowest BCUT2D eigenvalue weighted by atomic mass is 10.3. The van der Waals surface area contributed by atoms with Crippen molar-refractivity contribution in [3.8, 4) is 16.5 Å². The summed E-state index contributed by atoms with van der Waals surface area (Å²) >= 11 is 1.34. The van der Waals surface area contributed by atoms with Crippen molar-refractivity contribution in [2.45, 2.75) is 0 Å². The van der Waals surface area contributed by atoms with E-state index in [1.54, 1.807) is 18.3 Å². The predicted octanol–water partition coefficient (Wildman–Crippen LogP) is 1.18. The highest BCUT2D eigenvalue weighted by molar-refractivity contribution is 7.22. The Hall–Kier alpha value is -2.02. The van der Waals surface area contributed by atoms with Gasteiger partial charge in [0.1, 0.15) is 15.5 Å². The van der Waals surface area contributed by atoms with Gasteiger partial charge in [0.25, 0.3) is 0 Å². The monoisotopic (exact) mass is 219 g/mol. The minimum atomic E-state index is 0.157. The number of hydrogen-bond acceptors (Lipinski definition) is 6. The number of tetrazole rings is 1. The molecule has 0 unspecified atom stereocenters. The molecule has 0 amide bonds. The molecule has 0 aliphatic rings. The number of pyridine rings is 1. The molecule has 0 saturated heterocycles. The van der Waals surface area contributed by atoms with Gasteiger partial charge in [0.15, 0.2) is 0 Å². The summed E-state index contributed by atoms with van der Waals surface area (Å²) in [6.45, 7) is 0. The number of hydrogen-bond donors (Lipinski definition) is 2. The van der Waals surface area contributed by atoms with Crippen molar-refractivity contribution >= 4 is 21.6 Å². The van der Waals surface area contributed by atoms with Crippen LogP contribution in [0, 0.1) is 0 Å². The van der Waals surface area contributed by atoms with Crippen molar-refractivity contribution in [3.05, 3.63) is 18.3 Å². The molecule has 0 aromatic carbocycles. The molecular formula is C8H5N5OS. The molecule has 2 N–H and O–H groups in total. The first kappa shape index (κ1) is 8.30. The zero-order valence-corrected chi connectivity index (χ0v) is 8.19. The van der Waals surface area contributed by atoms with Gasteiger partial charge in [0, 0.05) is 6.20 Å². The van der Waals surface area contributed by atoms with Crippen molar-refractivity contribution in [1.29, 1.82) is 0 Å². The molecule has 0 bridgehead atoms. The number of aromatic hydroxyl groups is 1. The van der Waals surface area contributed by atoms with Crippen LogP contribution < -0.4 is 0 Å². The molecule has 15 heavy (non-hydrogen) atoms. The number of rotatable bonds is 1. The van der Waals surface area contributed by atoms with E-state index in [-0.39, 0.29) is 5.75 Å². The maximum Gasteiger partial charge on any atom is 0.218 e. The highest BCUT2D eigenvalue weighted by atomic mass is 32.1. The second-order valence-electron chi connectivity index (χ2n) is 2.87. The van der Waals surface area contributed by atoms with Gasteiger partial charge in [-0.15, -0.1) is 21.5 Å². The molecule has 3 heterocycles. The van der Waals surface area contributed by atoms with Crippen molar-refractivity contribution in [3.63, 3.8) is 0 Å². The second-order valence-corrected chi connectivity index (χ2v) is 3.87. The fourth-order valence-electron chi connectivity index (χ4n) is 1.33. The average Bonchev–Trinajstić information content (AvgIpc) is 2.87. The molecule has 0 aliphatic heterocycles. The Labute approximate surface area is 87.6 Å². The van der Waals surface area contributed by atoms with E-state index in [1.807, 2.05) is 0 Å². The van der Waals surface area contributed by atoms with Crippen molar-refractivity contribution < 1.29 is 5.11 Å². The summed E-state index contributed by atoms with van der Waals surface area (Å²) in [4.78, 5) is 5.48. The fraction of sp³-hybridized carbons (Fsp3) is 0. The molecule has 0 radical (unpaired) electrons. The molecule has 3 rings (SSSR count). The highest BCUT2D eigenvalue weighted by Crippen LogP contribution is 2.40. The maximum absolute atomic E-state index is 9.91. The quantitative estimate of drug-likeness (QED) is 0.641. The minimum absolute atomic E-state index is 0.157. The lowest BCUT2D eigenvalue weighted by Gasteiger charge is -1.89. The van der Waals surface area contributed by atoms with E-state index in [1.165, 1.54) is 11.3 Å². The second kappa shape index (κ2) is 2.99. The summed E-state index contributed by atoms with van der Waals surface area (Å²) in [7, 11) is 0. The molecular weight excluding hydrogens is 214 g/mol. The number of aromatic amines is 1. The minimum Gasteiger partial charge on any atom is -0.506 e. The number of fused-ring (bicyclic) bond motifs is 1. The van der Waals surface area contributed by atoms with Crippen LogP contribution in [0.3, 0.4) is 0 Å². The van der Waals surface area contributed by atoms with Crippen LogP contribution in [0.4, 0.5) is 0 Å². The van der Waals surface area contributed by atoms with Crippen molar-refractivity contribution in [1.82, 2.24) is 25.6 Å². The first-order valence-corrected chi connectivity index (χ1v) is 4.98. The van der Waals surface area contributed by atoms with E-state index in [0.29, 0.717) is 16.1 Å². The molecule has 0 atom stereocenters. The average molecular weight is 219 g/mol. The van der Waals surface area contributed by atoms with E-state index in [9.17, 15) is 5.11 Å². The molecule has 0 spiro atoms. The summed E-state index contributed by atoms with van der Waals surface area (Å²) in [5.41, 5.74) is 0. The van der Waals surface area contributed by atoms with Gasteiger partial charge in [-0.2, -0.15) is 5.21 Å². The number of nitrogens with one attached hydrogen (secondary N) is 1. The van der Waals surface area contributed by atoms with E-state index < -0.39 is 0 Å². The Morgan fingerprint density at radius 1 is 1.40 bits per heavy atom. The SMILES string of the molecule is Oc1c(-c2nn[nH]n2)sc2ncccc12. The third-order valence-electron chi connectivity index (χ3n) is 1.99. The first-order valence-electron chi connectivity index (χ1n) is 4.16. The van der Waals surface area contributed by atoms with Gasteiger partial charge in [-0.05, 0) is 17.3 Å². The summed E-state index contributed by atoms with van der Waals surface area (Å²) < 4.78 is 0. The molecule has 74 valence electrons. The van der Waals surface area contributed by atoms with Gasteiger partial charge in [-0.1, -0.05) is 0 Å². The van der Waals surface area contributed by atoms with Crippen LogP contribution in [0.25, 0.3) is 20.9 Å². The Balaban J connectivity index is 2.33. The van der Waals surface area contributed by atoms with Gasteiger partial charge < -0.3 is 5.11 Å². The maximum atomic E-state index is 9.91. The number of aromatic nitrogens is 5. The summed E-state index contributed by atoms with van der Waals surface area (Å²) in [5, 5.41) is 24.0. The van der Waals surface area contributed by atoms with Crippen molar-refractivity contribution in [2.75, 3.05) is 0 Å². The lowest BCUT2D eigenvalue weighted by molar-refractivity contribution is 0.485. The third-order valence-corrected chi connectivity index (χ3v) is 3.09. The zero-order chi connectivity index (χ0) is 10.3.